The number of hydrogen-bond donors (Lipinski definition) is 2. The summed E-state index contributed by atoms with van der Waals surface area (Å²) in [6.45, 7) is 2.06. The number of likely N-dealkylation sites (tertiary alicyclic amines) is 1. The quantitative estimate of drug-likeness (QED) is 0.754. The molecule has 7 heteroatoms. The molecule has 0 saturated carbocycles. The number of pyridine rings is 1. The van der Waals surface area contributed by atoms with E-state index in [1.165, 1.54) is 12.1 Å². The number of piperidine rings is 1. The predicted octanol–water partition coefficient (Wildman–Crippen LogP) is 3.04. The van der Waals surface area contributed by atoms with Crippen molar-refractivity contribution >= 4 is 16.6 Å². The zero-order chi connectivity index (χ0) is 18.1. The van der Waals surface area contributed by atoms with Crippen LogP contribution in [0, 0.1) is 5.82 Å². The fourth-order valence-electron chi connectivity index (χ4n) is 3.45. The minimum Gasteiger partial charge on any atom is -0.505 e. The first-order valence-electron chi connectivity index (χ1n) is 8.66. The third kappa shape index (κ3) is 3.17. The molecule has 0 amide bonds. The lowest BCUT2D eigenvalue weighted by Crippen LogP contribution is -2.40. The van der Waals surface area contributed by atoms with E-state index in [1.54, 1.807) is 18.5 Å². The van der Waals surface area contributed by atoms with E-state index in [4.69, 9.17) is 0 Å². The molecule has 1 aliphatic rings. The first-order chi connectivity index (χ1) is 12.6. The lowest BCUT2D eigenvalue weighted by Gasteiger charge is -2.30. The van der Waals surface area contributed by atoms with Gasteiger partial charge in [-0.25, -0.2) is 4.39 Å². The molecule has 3 aromatic rings. The summed E-state index contributed by atoms with van der Waals surface area (Å²) in [4.78, 5) is 6.51. The number of aromatic hydroxyl groups is 1. The summed E-state index contributed by atoms with van der Waals surface area (Å²) >= 11 is 0. The molecule has 2 N–H and O–H groups in total. The highest BCUT2D eigenvalue weighted by Crippen LogP contribution is 2.31. The molecule has 4 rings (SSSR count). The lowest BCUT2D eigenvalue weighted by atomic mass is 10.0. The second kappa shape index (κ2) is 6.84. The van der Waals surface area contributed by atoms with Crippen LogP contribution in [-0.2, 0) is 0 Å². The highest BCUT2D eigenvalue weighted by atomic mass is 19.1. The van der Waals surface area contributed by atoms with Crippen LogP contribution in [0.4, 0.5) is 10.2 Å². The second-order valence-corrected chi connectivity index (χ2v) is 6.73. The molecule has 1 atom stereocenters. The summed E-state index contributed by atoms with van der Waals surface area (Å²) in [5.41, 5.74) is 1.13. The number of fused-ring (bicyclic) bond motifs is 1. The first kappa shape index (κ1) is 16.7. The van der Waals surface area contributed by atoms with Crippen molar-refractivity contribution in [1.29, 1.82) is 0 Å². The van der Waals surface area contributed by atoms with Gasteiger partial charge in [-0.2, -0.15) is 0 Å². The smallest absolute Gasteiger partial charge is 0.165 e. The molecule has 6 nitrogen and oxygen atoms in total. The molecule has 0 spiro atoms. The van der Waals surface area contributed by atoms with Gasteiger partial charge in [0.2, 0.25) is 0 Å². The Bertz CT molecular complexity index is 948. The van der Waals surface area contributed by atoms with Crippen molar-refractivity contribution in [2.24, 2.45) is 0 Å². The highest BCUT2D eigenvalue weighted by molar-refractivity contribution is 5.99. The van der Waals surface area contributed by atoms with Gasteiger partial charge in [-0.15, -0.1) is 10.2 Å². The van der Waals surface area contributed by atoms with Crippen molar-refractivity contribution in [2.45, 2.75) is 18.9 Å². The number of anilines is 1. The van der Waals surface area contributed by atoms with Crippen LogP contribution in [0.2, 0.25) is 0 Å². The number of phenols is 1. The van der Waals surface area contributed by atoms with E-state index < -0.39 is 5.82 Å². The average molecular weight is 353 g/mol. The minimum absolute atomic E-state index is 0.309. The van der Waals surface area contributed by atoms with Gasteiger partial charge >= 0.3 is 0 Å². The zero-order valence-corrected chi connectivity index (χ0v) is 14.5. The minimum atomic E-state index is -0.682. The van der Waals surface area contributed by atoms with Crippen LogP contribution in [0.15, 0.2) is 36.7 Å². The van der Waals surface area contributed by atoms with Crippen molar-refractivity contribution in [3.63, 3.8) is 0 Å². The Kier molecular flexibility index (Phi) is 4.38. The third-order valence-electron chi connectivity index (χ3n) is 4.77. The van der Waals surface area contributed by atoms with Gasteiger partial charge in [0, 0.05) is 41.3 Å². The Morgan fingerprint density at radius 3 is 2.92 bits per heavy atom. The number of likely N-dealkylation sites (N-methyl/N-ethyl adjacent to an activating group) is 1. The van der Waals surface area contributed by atoms with Gasteiger partial charge in [0.15, 0.2) is 17.4 Å². The van der Waals surface area contributed by atoms with E-state index in [1.807, 2.05) is 6.07 Å². The lowest BCUT2D eigenvalue weighted by molar-refractivity contribution is 0.261. The number of hydrogen-bond acceptors (Lipinski definition) is 6. The molecule has 1 fully saturated rings. The maximum atomic E-state index is 13.8. The SMILES string of the molecule is CN1CCC[C@@H](Nc2nnc(-c3ccc(O)c(F)c3)c3ccncc23)C1. The van der Waals surface area contributed by atoms with Gasteiger partial charge in [-0.05, 0) is 50.7 Å². The average Bonchev–Trinajstić information content (AvgIpc) is 2.64. The van der Waals surface area contributed by atoms with E-state index in [9.17, 15) is 9.50 Å². The Morgan fingerprint density at radius 2 is 2.12 bits per heavy atom. The summed E-state index contributed by atoms with van der Waals surface area (Å²) in [5, 5.41) is 23.3. The van der Waals surface area contributed by atoms with Crippen LogP contribution in [0.3, 0.4) is 0 Å². The number of nitrogens with one attached hydrogen (secondary N) is 1. The van der Waals surface area contributed by atoms with Gasteiger partial charge in [-0.1, -0.05) is 0 Å². The fourth-order valence-corrected chi connectivity index (χ4v) is 3.45. The maximum absolute atomic E-state index is 13.8. The Hall–Kier alpha value is -2.80. The molecule has 1 saturated heterocycles. The van der Waals surface area contributed by atoms with Gasteiger partial charge in [0.05, 0.1) is 0 Å². The zero-order valence-electron chi connectivity index (χ0n) is 14.5. The van der Waals surface area contributed by atoms with Gasteiger partial charge in [0.1, 0.15) is 5.69 Å². The number of halogens is 1. The maximum Gasteiger partial charge on any atom is 0.165 e. The molecule has 2 aromatic heterocycles. The second-order valence-electron chi connectivity index (χ2n) is 6.73. The summed E-state index contributed by atoms with van der Waals surface area (Å²) in [6, 6.07) is 6.38. The van der Waals surface area contributed by atoms with Crippen molar-refractivity contribution in [3.05, 3.63) is 42.5 Å². The van der Waals surface area contributed by atoms with Crippen molar-refractivity contribution in [1.82, 2.24) is 20.1 Å². The Labute approximate surface area is 150 Å². The number of benzene rings is 1. The first-order valence-corrected chi connectivity index (χ1v) is 8.66. The van der Waals surface area contributed by atoms with Gasteiger partial charge in [0.25, 0.3) is 0 Å². The molecule has 0 aliphatic carbocycles. The highest BCUT2D eigenvalue weighted by Gasteiger charge is 2.19. The summed E-state index contributed by atoms with van der Waals surface area (Å²) in [7, 11) is 2.11. The van der Waals surface area contributed by atoms with Gasteiger partial charge in [-0.3, -0.25) is 4.98 Å². The monoisotopic (exact) mass is 353 g/mol. The standard InChI is InChI=1S/C19H20FN5O/c1-25-8-2-3-13(11-25)22-19-15-10-21-7-6-14(15)18(23-24-19)12-4-5-17(26)16(20)9-12/h4-7,9-10,13,26H,2-3,8,11H2,1H3,(H,22,24)/t13-/m1/s1. The van der Waals surface area contributed by atoms with Crippen LogP contribution < -0.4 is 5.32 Å². The number of phenolic OH excluding ortho intramolecular Hbond substituents is 1. The largest absolute Gasteiger partial charge is 0.505 e. The molecule has 1 aromatic carbocycles. The molecule has 3 heterocycles. The van der Waals surface area contributed by atoms with Crippen LogP contribution >= 0.6 is 0 Å². The molecule has 134 valence electrons. The van der Waals surface area contributed by atoms with E-state index >= 15 is 0 Å². The summed E-state index contributed by atoms with van der Waals surface area (Å²) in [6.07, 6.45) is 5.66. The third-order valence-corrected chi connectivity index (χ3v) is 4.77. The van der Waals surface area contributed by atoms with Crippen LogP contribution in [0.1, 0.15) is 12.8 Å². The number of rotatable bonds is 3. The van der Waals surface area contributed by atoms with Crippen molar-refractivity contribution in [3.8, 4) is 17.0 Å². The summed E-state index contributed by atoms with van der Waals surface area (Å²) < 4.78 is 13.8. The normalized spacial score (nSPS) is 18.2. The number of nitrogens with zero attached hydrogens (tertiary/aromatic N) is 4. The van der Waals surface area contributed by atoms with Crippen molar-refractivity contribution in [2.75, 3.05) is 25.5 Å². The summed E-state index contributed by atoms with van der Waals surface area (Å²) in [5.74, 6) is -0.372. The molecular formula is C19H20FN5O. The molecule has 0 bridgehead atoms. The van der Waals surface area contributed by atoms with Crippen molar-refractivity contribution < 1.29 is 9.50 Å². The Balaban J connectivity index is 1.74. The topological polar surface area (TPSA) is 74.2 Å². The molecule has 26 heavy (non-hydrogen) atoms. The van der Waals surface area contributed by atoms with E-state index in [2.05, 4.69) is 32.4 Å². The van der Waals surface area contributed by atoms with Crippen LogP contribution in [0.5, 0.6) is 5.75 Å². The van der Waals surface area contributed by atoms with Gasteiger partial charge < -0.3 is 15.3 Å². The van der Waals surface area contributed by atoms with E-state index in [-0.39, 0.29) is 5.75 Å². The number of aromatic nitrogens is 3. The fraction of sp³-hybridized carbons (Fsp3) is 0.316. The molecule has 0 unspecified atom stereocenters. The van der Waals surface area contributed by atoms with Crippen LogP contribution in [-0.4, -0.2) is 51.4 Å². The molecule has 0 radical (unpaired) electrons. The molecular weight excluding hydrogens is 333 g/mol. The molecule has 1 aliphatic heterocycles. The predicted molar refractivity (Wildman–Crippen MR) is 98.5 cm³/mol. The Morgan fingerprint density at radius 1 is 1.23 bits per heavy atom. The van der Waals surface area contributed by atoms with E-state index in [0.29, 0.717) is 23.1 Å². The van der Waals surface area contributed by atoms with E-state index in [0.717, 1.165) is 36.7 Å². The van der Waals surface area contributed by atoms with Crippen LogP contribution in [0.25, 0.3) is 22.0 Å².